The number of nitrogens with one attached hydrogen (secondary N) is 4. The lowest BCUT2D eigenvalue weighted by molar-refractivity contribution is -0.150. The molecule has 0 bridgehead atoms. The second kappa shape index (κ2) is 17.6. The van der Waals surface area contributed by atoms with E-state index in [0.717, 1.165) is 11.1 Å². The van der Waals surface area contributed by atoms with E-state index in [9.17, 15) is 19.2 Å². The summed E-state index contributed by atoms with van der Waals surface area (Å²) in [7, 11) is 0. The van der Waals surface area contributed by atoms with E-state index in [1.54, 1.807) is 44.2 Å². The average molecular weight is 673 g/mol. The fraction of sp³-hybridized carbons (Fsp3) is 0.455. The third kappa shape index (κ3) is 11.1. The molecule has 3 atom stereocenters. The summed E-state index contributed by atoms with van der Waals surface area (Å²) in [5.74, 6) is 0.0309. The molecular weight excluding hydrogens is 629 g/mol. The molecule has 1 aromatic carbocycles. The molecule has 2 aliphatic rings. The summed E-state index contributed by atoms with van der Waals surface area (Å²) in [4.78, 5) is 47.1. The maximum atomic E-state index is 12.5. The summed E-state index contributed by atoms with van der Waals surface area (Å²) in [6, 6.07) is 6.97. The van der Waals surface area contributed by atoms with Crippen LogP contribution < -0.4 is 21.3 Å². The Morgan fingerprint density at radius 2 is 1.48 bits per heavy atom. The number of Topliss-reactive ketones (excluding diaryl/α,β-unsaturated/α-hetero) is 1. The molecule has 46 heavy (non-hydrogen) atoms. The van der Waals surface area contributed by atoms with Crippen LogP contribution in [0.5, 0.6) is 0 Å². The van der Waals surface area contributed by atoms with Crippen LogP contribution in [0.1, 0.15) is 61.3 Å². The van der Waals surface area contributed by atoms with Gasteiger partial charge in [-0.2, -0.15) is 0 Å². The van der Waals surface area contributed by atoms with E-state index in [1.807, 2.05) is 20.8 Å². The van der Waals surface area contributed by atoms with E-state index >= 15 is 0 Å². The zero-order valence-corrected chi connectivity index (χ0v) is 29.0. The number of esters is 1. The van der Waals surface area contributed by atoms with Crippen LogP contribution in [-0.2, 0) is 23.8 Å². The molecule has 1 fully saturated rings. The molecule has 4 N–H and O–H groups in total. The first-order chi connectivity index (χ1) is 21.7. The minimum Gasteiger partial charge on any atom is -0.457 e. The van der Waals surface area contributed by atoms with Gasteiger partial charge >= 0.3 is 18.2 Å². The lowest BCUT2D eigenvalue weighted by Crippen LogP contribution is -2.36. The fourth-order valence-corrected chi connectivity index (χ4v) is 5.33. The lowest BCUT2D eigenvalue weighted by atomic mass is 10.1. The summed E-state index contributed by atoms with van der Waals surface area (Å²) in [5, 5.41) is 10.5. The second-order valence-corrected chi connectivity index (χ2v) is 12.2. The highest BCUT2D eigenvalue weighted by molar-refractivity contribution is 7.80. The van der Waals surface area contributed by atoms with Crippen molar-refractivity contribution < 1.29 is 33.4 Å². The third-order valence-corrected chi connectivity index (χ3v) is 7.76. The van der Waals surface area contributed by atoms with Crippen LogP contribution in [0.4, 0.5) is 21.0 Å². The van der Waals surface area contributed by atoms with Gasteiger partial charge in [0.25, 0.3) is 0 Å². The van der Waals surface area contributed by atoms with Crippen molar-refractivity contribution in [1.29, 1.82) is 0 Å². The molecule has 1 saturated carbocycles. The Labute approximate surface area is 281 Å². The van der Waals surface area contributed by atoms with Gasteiger partial charge in [-0.25, -0.2) is 9.59 Å². The SMILES string of the molecule is C=CCC1=C(C)C(OC(=O)C2C(C=C(C)C)C2(C)C)CC1=O.CCOC(=O)NC(=S)Nc1ccccc1NC(=S)NC(=O)OCC. The number of para-hydroxylation sites is 2. The molecule has 0 spiro atoms. The Morgan fingerprint density at radius 3 is 1.91 bits per heavy atom. The topological polar surface area (TPSA) is 144 Å². The van der Waals surface area contributed by atoms with Crippen molar-refractivity contribution >= 4 is 70.0 Å². The molecule has 250 valence electrons. The zero-order chi connectivity index (χ0) is 34.6. The lowest BCUT2D eigenvalue weighted by Gasteiger charge is -2.15. The van der Waals surface area contributed by atoms with E-state index in [4.69, 9.17) is 38.6 Å². The molecule has 2 aliphatic carbocycles. The first-order valence-electron chi connectivity index (χ1n) is 14.9. The van der Waals surface area contributed by atoms with Crippen LogP contribution in [0.25, 0.3) is 0 Å². The van der Waals surface area contributed by atoms with Crippen molar-refractivity contribution in [2.45, 2.75) is 67.4 Å². The quantitative estimate of drug-likeness (QED) is 0.0978. The first kappa shape index (κ1) is 38.1. The molecule has 11 nitrogen and oxygen atoms in total. The van der Waals surface area contributed by atoms with Crippen LogP contribution in [0.15, 0.2) is 59.7 Å². The van der Waals surface area contributed by atoms with Gasteiger partial charge in [-0.3, -0.25) is 20.2 Å². The van der Waals surface area contributed by atoms with Crippen molar-refractivity contribution in [3.8, 4) is 0 Å². The van der Waals surface area contributed by atoms with Crippen molar-refractivity contribution in [1.82, 2.24) is 10.6 Å². The Balaban J connectivity index is 0.000000321. The van der Waals surface area contributed by atoms with Crippen LogP contribution in [-0.4, -0.2) is 53.5 Å². The molecule has 2 amide bonds. The van der Waals surface area contributed by atoms with Gasteiger partial charge < -0.3 is 24.8 Å². The maximum absolute atomic E-state index is 12.5. The second-order valence-electron chi connectivity index (χ2n) is 11.4. The highest BCUT2D eigenvalue weighted by Crippen LogP contribution is 2.60. The van der Waals surface area contributed by atoms with Crippen molar-refractivity contribution in [3.05, 3.63) is 59.7 Å². The number of carbonyl (C=O) groups is 4. The van der Waals surface area contributed by atoms with E-state index in [-0.39, 0.29) is 58.9 Å². The summed E-state index contributed by atoms with van der Waals surface area (Å²) in [6.07, 6.45) is 3.00. The van der Waals surface area contributed by atoms with Gasteiger partial charge in [0.15, 0.2) is 16.0 Å². The molecule has 0 heterocycles. The number of ketones is 1. The number of hydrogen-bond donors (Lipinski definition) is 4. The molecule has 0 aliphatic heterocycles. The third-order valence-electron chi connectivity index (χ3n) is 7.36. The largest absolute Gasteiger partial charge is 0.457 e. The van der Waals surface area contributed by atoms with E-state index in [1.165, 1.54) is 5.57 Å². The molecule has 0 radical (unpaired) electrons. The highest BCUT2D eigenvalue weighted by atomic mass is 32.1. The number of ether oxygens (including phenoxy) is 3. The van der Waals surface area contributed by atoms with E-state index in [0.29, 0.717) is 17.8 Å². The molecule has 1 aromatic rings. The Hall–Kier alpha value is -4.10. The van der Waals surface area contributed by atoms with Gasteiger partial charge in [0.05, 0.1) is 36.9 Å². The van der Waals surface area contributed by atoms with Gasteiger partial charge in [-0.05, 0) is 94.5 Å². The molecule has 3 rings (SSSR count). The van der Waals surface area contributed by atoms with Crippen LogP contribution in [0.3, 0.4) is 0 Å². The van der Waals surface area contributed by atoms with Crippen LogP contribution in [0.2, 0.25) is 0 Å². The highest BCUT2D eigenvalue weighted by Gasteiger charge is 2.61. The summed E-state index contributed by atoms with van der Waals surface area (Å²) in [6.45, 7) is 17.7. The predicted molar refractivity (Wildman–Crippen MR) is 186 cm³/mol. The molecular formula is C33H44N4O7S2. The van der Waals surface area contributed by atoms with Crippen molar-refractivity contribution in [2.24, 2.45) is 17.3 Å². The number of rotatable bonds is 9. The van der Waals surface area contributed by atoms with E-state index in [2.05, 4.69) is 47.8 Å². The summed E-state index contributed by atoms with van der Waals surface area (Å²) >= 11 is 10.1. The predicted octanol–water partition coefficient (Wildman–Crippen LogP) is 6.57. The Morgan fingerprint density at radius 1 is 0.978 bits per heavy atom. The van der Waals surface area contributed by atoms with Gasteiger partial charge in [0.2, 0.25) is 0 Å². The number of amides is 2. The molecule has 3 unspecified atom stereocenters. The number of thiocarbonyl (C=S) groups is 2. The number of hydrogen-bond acceptors (Lipinski definition) is 9. The zero-order valence-electron chi connectivity index (χ0n) is 27.4. The number of anilines is 2. The minimum absolute atomic E-state index is 0.0570. The van der Waals surface area contributed by atoms with Crippen molar-refractivity contribution in [2.75, 3.05) is 23.8 Å². The smallest absolute Gasteiger partial charge is 0.413 e. The molecule has 0 saturated heterocycles. The monoisotopic (exact) mass is 672 g/mol. The molecule has 13 heteroatoms. The van der Waals surface area contributed by atoms with Gasteiger partial charge in [-0.15, -0.1) is 6.58 Å². The minimum atomic E-state index is -0.653. The Kier molecular flexibility index (Phi) is 14.5. The van der Waals surface area contributed by atoms with Gasteiger partial charge in [0.1, 0.15) is 6.10 Å². The average Bonchev–Trinajstić information content (AvgIpc) is 3.39. The fourth-order valence-electron chi connectivity index (χ4n) is 4.95. The number of alkyl carbamates (subject to hydrolysis) is 2. The maximum Gasteiger partial charge on any atom is 0.413 e. The van der Waals surface area contributed by atoms with Gasteiger partial charge in [0, 0.05) is 5.57 Å². The van der Waals surface area contributed by atoms with E-state index < -0.39 is 18.3 Å². The normalized spacial score (nSPS) is 18.9. The van der Waals surface area contributed by atoms with Crippen LogP contribution in [0, 0.1) is 17.3 Å². The summed E-state index contributed by atoms with van der Waals surface area (Å²) < 4.78 is 15.1. The van der Waals surface area contributed by atoms with Crippen LogP contribution >= 0.6 is 24.4 Å². The standard InChI is InChI=1S/C19H26O3.C14H18N4O4S2/c1-7-8-13-12(4)16(10-15(13)20)22-18(21)17-14(9-11(2)3)19(17,5)6;1-3-21-13(19)17-11(23)15-9-7-5-6-8-10(9)16-12(24)18-14(20)22-4-2/h7,9,14,16-17H,1,8,10H2,2-6H3;5-8H,3-4H2,1-2H3,(H2,15,17,19,23)(H2,16,18,20,24). The Bertz CT molecular complexity index is 1360. The first-order valence-corrected chi connectivity index (χ1v) is 15.8. The number of benzene rings is 1. The van der Waals surface area contributed by atoms with Crippen molar-refractivity contribution in [3.63, 3.8) is 0 Å². The number of allylic oxidation sites excluding steroid dienone is 4. The molecule has 0 aromatic heterocycles. The van der Waals surface area contributed by atoms with Gasteiger partial charge in [-0.1, -0.05) is 43.7 Å². The number of carbonyl (C=O) groups excluding carboxylic acids is 4. The summed E-state index contributed by atoms with van der Waals surface area (Å²) in [5.41, 5.74) is 3.89.